The fraction of sp³-hybridized carbons (Fsp3) is 0.471. The smallest absolute Gasteiger partial charge is 0.249 e. The van der Waals surface area contributed by atoms with Crippen LogP contribution in [0.25, 0.3) is 11.4 Å². The summed E-state index contributed by atoms with van der Waals surface area (Å²) in [6, 6.07) is 9.40. The number of amides is 1. The Morgan fingerprint density at radius 2 is 1.95 bits per heavy atom. The lowest BCUT2D eigenvalue weighted by atomic mass is 9.88. The Bertz CT molecular complexity index is 618. The predicted molar refractivity (Wildman–Crippen MR) is 82.9 cm³/mol. The number of benzene rings is 1. The molecule has 1 fully saturated rings. The number of carbonyl (C=O) groups excluding carboxylic acids is 1. The van der Waals surface area contributed by atoms with Gasteiger partial charge in [0.15, 0.2) is 0 Å². The van der Waals surface area contributed by atoms with Crippen molar-refractivity contribution in [1.29, 1.82) is 0 Å². The highest BCUT2D eigenvalue weighted by atomic mass is 16.5. The monoisotopic (exact) mass is 299 g/mol. The van der Waals surface area contributed by atoms with Gasteiger partial charge in [-0.05, 0) is 19.8 Å². The van der Waals surface area contributed by atoms with E-state index in [1.807, 2.05) is 37.3 Å². The number of hydrogen-bond donors (Lipinski definition) is 1. The molecule has 0 aliphatic heterocycles. The van der Waals surface area contributed by atoms with Gasteiger partial charge in [0.2, 0.25) is 17.6 Å². The first-order valence-electron chi connectivity index (χ1n) is 7.93. The van der Waals surface area contributed by atoms with Crippen LogP contribution < -0.4 is 5.32 Å². The van der Waals surface area contributed by atoms with Gasteiger partial charge in [-0.2, -0.15) is 4.98 Å². The van der Waals surface area contributed by atoms with Crippen LogP contribution in [0.3, 0.4) is 0 Å². The zero-order valence-electron chi connectivity index (χ0n) is 12.8. The van der Waals surface area contributed by atoms with Crippen LogP contribution in [0, 0.1) is 5.92 Å². The average Bonchev–Trinajstić information content (AvgIpc) is 3.06. The summed E-state index contributed by atoms with van der Waals surface area (Å²) < 4.78 is 5.29. The zero-order valence-corrected chi connectivity index (χ0v) is 12.8. The first-order valence-corrected chi connectivity index (χ1v) is 7.93. The van der Waals surface area contributed by atoms with Crippen LogP contribution in [-0.4, -0.2) is 16.0 Å². The molecule has 3 rings (SSSR count). The van der Waals surface area contributed by atoms with Crippen molar-refractivity contribution >= 4 is 5.91 Å². The second-order valence-corrected chi connectivity index (χ2v) is 5.89. The molecule has 1 amide bonds. The molecule has 0 radical (unpaired) electrons. The van der Waals surface area contributed by atoms with Crippen LogP contribution in [0.4, 0.5) is 0 Å². The van der Waals surface area contributed by atoms with Gasteiger partial charge < -0.3 is 9.84 Å². The highest BCUT2D eigenvalue weighted by molar-refractivity contribution is 5.79. The van der Waals surface area contributed by atoms with Crippen molar-refractivity contribution in [2.45, 2.75) is 45.1 Å². The number of hydrogen-bond acceptors (Lipinski definition) is 4. The molecule has 1 aromatic carbocycles. The minimum atomic E-state index is -0.264. The molecule has 1 saturated carbocycles. The van der Waals surface area contributed by atoms with Gasteiger partial charge in [-0.25, -0.2) is 0 Å². The van der Waals surface area contributed by atoms with Crippen molar-refractivity contribution in [3.05, 3.63) is 36.2 Å². The number of carbonyl (C=O) groups is 1. The summed E-state index contributed by atoms with van der Waals surface area (Å²) in [7, 11) is 0. The van der Waals surface area contributed by atoms with Crippen LogP contribution >= 0.6 is 0 Å². The second-order valence-electron chi connectivity index (χ2n) is 5.89. The molecular weight excluding hydrogens is 278 g/mol. The van der Waals surface area contributed by atoms with Crippen molar-refractivity contribution in [2.75, 3.05) is 0 Å². The molecule has 1 heterocycles. The third-order valence-electron chi connectivity index (χ3n) is 4.18. The first kappa shape index (κ1) is 14.8. The van der Waals surface area contributed by atoms with Gasteiger partial charge >= 0.3 is 0 Å². The van der Waals surface area contributed by atoms with E-state index in [9.17, 15) is 4.79 Å². The van der Waals surface area contributed by atoms with Gasteiger partial charge in [-0.1, -0.05) is 54.8 Å². The fourth-order valence-corrected chi connectivity index (χ4v) is 2.87. The fourth-order valence-electron chi connectivity index (χ4n) is 2.87. The van der Waals surface area contributed by atoms with E-state index in [4.69, 9.17) is 4.52 Å². The molecule has 1 N–H and O–H groups in total. The summed E-state index contributed by atoms with van der Waals surface area (Å²) in [5.74, 6) is 1.23. The molecule has 2 aromatic rings. The molecule has 1 atom stereocenters. The molecule has 0 unspecified atom stereocenters. The van der Waals surface area contributed by atoms with Crippen molar-refractivity contribution in [2.24, 2.45) is 5.92 Å². The molecule has 0 saturated heterocycles. The molecular formula is C17H21N3O2. The number of nitrogens with one attached hydrogen (secondary N) is 1. The van der Waals surface area contributed by atoms with Crippen molar-refractivity contribution in [1.82, 2.24) is 15.5 Å². The van der Waals surface area contributed by atoms with Crippen LogP contribution in [0.1, 0.15) is 51.0 Å². The van der Waals surface area contributed by atoms with Crippen LogP contribution in [-0.2, 0) is 4.79 Å². The van der Waals surface area contributed by atoms with Gasteiger partial charge in [-0.15, -0.1) is 0 Å². The maximum Gasteiger partial charge on any atom is 0.249 e. The Morgan fingerprint density at radius 3 is 2.68 bits per heavy atom. The quantitative estimate of drug-likeness (QED) is 0.938. The van der Waals surface area contributed by atoms with E-state index in [0.29, 0.717) is 11.7 Å². The Hall–Kier alpha value is -2.17. The zero-order chi connectivity index (χ0) is 15.4. The third-order valence-corrected chi connectivity index (χ3v) is 4.18. The first-order chi connectivity index (χ1) is 10.7. The third kappa shape index (κ3) is 3.35. The van der Waals surface area contributed by atoms with E-state index < -0.39 is 0 Å². The maximum absolute atomic E-state index is 12.3. The minimum Gasteiger partial charge on any atom is -0.344 e. The predicted octanol–water partition coefficient (Wildman–Crippen LogP) is 3.49. The molecule has 22 heavy (non-hydrogen) atoms. The summed E-state index contributed by atoms with van der Waals surface area (Å²) in [4.78, 5) is 16.6. The van der Waals surface area contributed by atoms with E-state index in [2.05, 4.69) is 15.5 Å². The minimum absolute atomic E-state index is 0.103. The summed E-state index contributed by atoms with van der Waals surface area (Å²) in [5.41, 5.74) is 0.906. The van der Waals surface area contributed by atoms with Crippen LogP contribution in [0.5, 0.6) is 0 Å². The summed E-state index contributed by atoms with van der Waals surface area (Å²) in [6.07, 6.45) is 5.50. The molecule has 1 aliphatic carbocycles. The van der Waals surface area contributed by atoms with E-state index >= 15 is 0 Å². The standard InChI is InChI=1S/C17H21N3O2/c1-12(18-16(21)14-10-6-3-7-11-14)17-19-15(20-22-17)13-8-4-2-5-9-13/h2,4-5,8-9,12,14H,3,6-7,10-11H2,1H3,(H,18,21)/t12-/m0/s1. The highest BCUT2D eigenvalue weighted by Gasteiger charge is 2.24. The molecule has 1 aliphatic rings. The largest absolute Gasteiger partial charge is 0.344 e. The average molecular weight is 299 g/mol. The number of aromatic nitrogens is 2. The summed E-state index contributed by atoms with van der Waals surface area (Å²) >= 11 is 0. The van der Waals surface area contributed by atoms with E-state index in [0.717, 1.165) is 31.2 Å². The lowest BCUT2D eigenvalue weighted by molar-refractivity contribution is -0.126. The molecule has 0 spiro atoms. The maximum atomic E-state index is 12.3. The molecule has 5 nitrogen and oxygen atoms in total. The molecule has 0 bridgehead atoms. The highest BCUT2D eigenvalue weighted by Crippen LogP contribution is 2.25. The van der Waals surface area contributed by atoms with Gasteiger partial charge in [0.1, 0.15) is 6.04 Å². The van der Waals surface area contributed by atoms with Crippen molar-refractivity contribution in [3.8, 4) is 11.4 Å². The lowest BCUT2D eigenvalue weighted by Crippen LogP contribution is -2.33. The van der Waals surface area contributed by atoms with Crippen molar-refractivity contribution in [3.63, 3.8) is 0 Å². The SMILES string of the molecule is C[C@H](NC(=O)C1CCCCC1)c1nc(-c2ccccc2)no1. The van der Waals surface area contributed by atoms with Crippen LogP contribution in [0.2, 0.25) is 0 Å². The van der Waals surface area contributed by atoms with Gasteiger partial charge in [0, 0.05) is 11.5 Å². The van der Waals surface area contributed by atoms with Crippen molar-refractivity contribution < 1.29 is 9.32 Å². The second kappa shape index (κ2) is 6.73. The topological polar surface area (TPSA) is 68.0 Å². The van der Waals surface area contributed by atoms with Gasteiger partial charge in [-0.3, -0.25) is 4.79 Å². The Balaban J connectivity index is 1.64. The Morgan fingerprint density at radius 1 is 1.23 bits per heavy atom. The lowest BCUT2D eigenvalue weighted by Gasteiger charge is -2.22. The van der Waals surface area contributed by atoms with Gasteiger partial charge in [0.05, 0.1) is 0 Å². The van der Waals surface area contributed by atoms with E-state index in [1.165, 1.54) is 6.42 Å². The molecule has 116 valence electrons. The number of nitrogens with zero attached hydrogens (tertiary/aromatic N) is 2. The van der Waals surface area contributed by atoms with E-state index in [-0.39, 0.29) is 17.9 Å². The Kier molecular flexibility index (Phi) is 4.51. The summed E-state index contributed by atoms with van der Waals surface area (Å²) in [5, 5.41) is 6.99. The van der Waals surface area contributed by atoms with E-state index in [1.54, 1.807) is 0 Å². The Labute approximate surface area is 130 Å². The van der Waals surface area contributed by atoms with Gasteiger partial charge in [0.25, 0.3) is 0 Å². The summed E-state index contributed by atoms with van der Waals surface area (Å²) in [6.45, 7) is 1.88. The normalized spacial score (nSPS) is 17.1. The molecule has 5 heteroatoms. The molecule has 1 aromatic heterocycles. The van der Waals surface area contributed by atoms with Crippen LogP contribution in [0.15, 0.2) is 34.9 Å². The number of rotatable bonds is 4.